The summed E-state index contributed by atoms with van der Waals surface area (Å²) in [5, 5.41) is 5.41. The van der Waals surface area contributed by atoms with E-state index in [2.05, 4.69) is 15.2 Å². The molecule has 0 spiro atoms. The van der Waals surface area contributed by atoms with E-state index in [1.54, 1.807) is 0 Å². The molecule has 1 rings (SSSR count). The van der Waals surface area contributed by atoms with Crippen LogP contribution >= 0.6 is 0 Å². The SMILES string of the molecule is CC(=O)NCCNC(=O)CCCC[n+]1ccccc1. The van der Waals surface area contributed by atoms with Crippen LogP contribution in [0.5, 0.6) is 0 Å². The summed E-state index contributed by atoms with van der Waals surface area (Å²) in [7, 11) is 0. The van der Waals surface area contributed by atoms with Crippen LogP contribution in [0.15, 0.2) is 30.6 Å². The van der Waals surface area contributed by atoms with Crippen molar-refractivity contribution in [3.63, 3.8) is 0 Å². The second kappa shape index (κ2) is 9.08. The highest BCUT2D eigenvalue weighted by molar-refractivity contribution is 5.76. The van der Waals surface area contributed by atoms with Crippen LogP contribution in [-0.4, -0.2) is 24.9 Å². The van der Waals surface area contributed by atoms with Gasteiger partial charge in [-0.15, -0.1) is 0 Å². The minimum atomic E-state index is -0.0749. The van der Waals surface area contributed by atoms with Crippen molar-refractivity contribution in [2.45, 2.75) is 32.7 Å². The number of hydrogen-bond donors (Lipinski definition) is 2. The van der Waals surface area contributed by atoms with Gasteiger partial charge in [0.25, 0.3) is 0 Å². The lowest BCUT2D eigenvalue weighted by atomic mass is 10.2. The van der Waals surface area contributed by atoms with Gasteiger partial charge in [0.15, 0.2) is 12.4 Å². The maximum absolute atomic E-state index is 11.5. The van der Waals surface area contributed by atoms with Crippen LogP contribution in [0.25, 0.3) is 0 Å². The van der Waals surface area contributed by atoms with Gasteiger partial charge in [0.1, 0.15) is 6.54 Å². The third-order valence-corrected chi connectivity index (χ3v) is 2.67. The molecule has 0 radical (unpaired) electrons. The highest BCUT2D eigenvalue weighted by Gasteiger charge is 2.02. The van der Waals surface area contributed by atoms with Gasteiger partial charge in [0, 0.05) is 45.0 Å². The number of nitrogens with zero attached hydrogens (tertiary/aromatic N) is 1. The average Bonchev–Trinajstić information content (AvgIpc) is 2.41. The fourth-order valence-corrected chi connectivity index (χ4v) is 1.69. The second-order valence-corrected chi connectivity index (χ2v) is 4.40. The van der Waals surface area contributed by atoms with Gasteiger partial charge >= 0.3 is 0 Å². The molecule has 1 aromatic heterocycles. The van der Waals surface area contributed by atoms with E-state index < -0.39 is 0 Å². The van der Waals surface area contributed by atoms with E-state index in [4.69, 9.17) is 0 Å². The highest BCUT2D eigenvalue weighted by atomic mass is 16.2. The summed E-state index contributed by atoms with van der Waals surface area (Å²) >= 11 is 0. The summed E-state index contributed by atoms with van der Waals surface area (Å²) in [5.74, 6) is -0.0300. The monoisotopic (exact) mass is 264 g/mol. The van der Waals surface area contributed by atoms with E-state index in [9.17, 15) is 9.59 Å². The molecule has 5 nitrogen and oxygen atoms in total. The summed E-state index contributed by atoms with van der Waals surface area (Å²) < 4.78 is 2.11. The first-order valence-corrected chi connectivity index (χ1v) is 6.63. The van der Waals surface area contributed by atoms with Crippen molar-refractivity contribution in [1.29, 1.82) is 0 Å². The van der Waals surface area contributed by atoms with Crippen molar-refractivity contribution < 1.29 is 14.2 Å². The van der Waals surface area contributed by atoms with E-state index in [-0.39, 0.29) is 11.8 Å². The molecule has 1 heterocycles. The topological polar surface area (TPSA) is 62.1 Å². The largest absolute Gasteiger partial charge is 0.355 e. The predicted molar refractivity (Wildman–Crippen MR) is 72.2 cm³/mol. The van der Waals surface area contributed by atoms with Crippen LogP contribution in [-0.2, 0) is 16.1 Å². The first-order valence-electron chi connectivity index (χ1n) is 6.63. The Kier molecular flexibility index (Phi) is 7.24. The van der Waals surface area contributed by atoms with Crippen molar-refractivity contribution in [2.24, 2.45) is 0 Å². The molecule has 0 aromatic carbocycles. The zero-order valence-corrected chi connectivity index (χ0v) is 11.4. The molecule has 104 valence electrons. The van der Waals surface area contributed by atoms with E-state index in [0.717, 1.165) is 19.4 Å². The van der Waals surface area contributed by atoms with Crippen LogP contribution in [0.3, 0.4) is 0 Å². The first-order chi connectivity index (χ1) is 9.18. The number of carbonyl (C=O) groups is 2. The standard InChI is InChI=1S/C14H21N3O2/c1-13(18)15-8-9-16-14(19)7-3-6-12-17-10-4-2-5-11-17/h2,4-5,10-11H,3,6-9,12H2,1H3,(H-,15,16,18,19)/p+1. The molecule has 0 fully saturated rings. The molecule has 0 aliphatic heterocycles. The van der Waals surface area contributed by atoms with Gasteiger partial charge in [-0.3, -0.25) is 9.59 Å². The smallest absolute Gasteiger partial charge is 0.220 e. The van der Waals surface area contributed by atoms with Crippen LogP contribution in [0.4, 0.5) is 0 Å². The van der Waals surface area contributed by atoms with E-state index in [1.807, 2.05) is 30.6 Å². The average molecular weight is 264 g/mol. The summed E-state index contributed by atoms with van der Waals surface area (Å²) in [6.45, 7) is 3.37. The second-order valence-electron chi connectivity index (χ2n) is 4.40. The van der Waals surface area contributed by atoms with Crippen LogP contribution in [0.1, 0.15) is 26.2 Å². The Bertz CT molecular complexity index is 393. The fourth-order valence-electron chi connectivity index (χ4n) is 1.69. The third-order valence-electron chi connectivity index (χ3n) is 2.67. The van der Waals surface area contributed by atoms with Gasteiger partial charge in [-0.1, -0.05) is 6.07 Å². The van der Waals surface area contributed by atoms with Gasteiger partial charge in [-0.2, -0.15) is 0 Å². The molecular formula is C14H22N3O2+. The molecule has 0 bridgehead atoms. The Morgan fingerprint density at radius 3 is 2.37 bits per heavy atom. The van der Waals surface area contributed by atoms with Gasteiger partial charge in [-0.05, 0) is 6.42 Å². The molecule has 0 unspecified atom stereocenters. The molecule has 0 saturated heterocycles. The zero-order chi connectivity index (χ0) is 13.9. The lowest BCUT2D eigenvalue weighted by molar-refractivity contribution is -0.697. The molecule has 0 atom stereocenters. The number of aryl methyl sites for hydroxylation is 1. The number of nitrogens with one attached hydrogen (secondary N) is 2. The van der Waals surface area contributed by atoms with Crippen LogP contribution in [0.2, 0.25) is 0 Å². The zero-order valence-electron chi connectivity index (χ0n) is 11.4. The molecular weight excluding hydrogens is 242 g/mol. The summed E-state index contributed by atoms with van der Waals surface area (Å²) in [6, 6.07) is 5.97. The van der Waals surface area contributed by atoms with Gasteiger partial charge in [-0.25, -0.2) is 4.57 Å². The molecule has 0 aliphatic carbocycles. The van der Waals surface area contributed by atoms with E-state index in [1.165, 1.54) is 6.92 Å². The number of rotatable bonds is 8. The Hall–Kier alpha value is -1.91. The van der Waals surface area contributed by atoms with Crippen molar-refractivity contribution in [3.05, 3.63) is 30.6 Å². The number of hydrogen-bond acceptors (Lipinski definition) is 2. The lowest BCUT2D eigenvalue weighted by Crippen LogP contribution is -2.34. The number of carbonyl (C=O) groups excluding carboxylic acids is 2. The third kappa shape index (κ3) is 7.91. The Labute approximate surface area is 114 Å². The molecule has 2 N–H and O–H groups in total. The van der Waals surface area contributed by atoms with E-state index >= 15 is 0 Å². The van der Waals surface area contributed by atoms with E-state index in [0.29, 0.717) is 19.5 Å². The molecule has 0 aliphatic rings. The lowest BCUT2D eigenvalue weighted by Gasteiger charge is -2.05. The Morgan fingerprint density at radius 1 is 1.00 bits per heavy atom. The molecule has 5 heteroatoms. The Morgan fingerprint density at radius 2 is 1.68 bits per heavy atom. The Balaban J connectivity index is 2.00. The van der Waals surface area contributed by atoms with Crippen molar-refractivity contribution >= 4 is 11.8 Å². The molecule has 19 heavy (non-hydrogen) atoms. The molecule has 1 aromatic rings. The molecule has 2 amide bonds. The number of pyridine rings is 1. The summed E-state index contributed by atoms with van der Waals surface area (Å²) in [6.07, 6.45) is 6.43. The predicted octanol–water partition coefficient (Wildman–Crippen LogP) is 0.397. The number of unbranched alkanes of at least 4 members (excludes halogenated alkanes) is 1. The first kappa shape index (κ1) is 15.1. The van der Waals surface area contributed by atoms with Gasteiger partial charge in [0.2, 0.25) is 11.8 Å². The maximum atomic E-state index is 11.5. The van der Waals surface area contributed by atoms with Crippen LogP contribution < -0.4 is 15.2 Å². The van der Waals surface area contributed by atoms with Gasteiger partial charge in [0.05, 0.1) is 0 Å². The summed E-state index contributed by atoms with van der Waals surface area (Å²) in [5.41, 5.74) is 0. The van der Waals surface area contributed by atoms with Crippen molar-refractivity contribution in [2.75, 3.05) is 13.1 Å². The minimum Gasteiger partial charge on any atom is -0.355 e. The highest BCUT2D eigenvalue weighted by Crippen LogP contribution is 1.95. The molecule has 0 saturated carbocycles. The van der Waals surface area contributed by atoms with Crippen molar-refractivity contribution in [1.82, 2.24) is 10.6 Å². The number of amides is 2. The fraction of sp³-hybridized carbons (Fsp3) is 0.500. The maximum Gasteiger partial charge on any atom is 0.220 e. The quantitative estimate of drug-likeness (QED) is 0.527. The number of aromatic nitrogens is 1. The van der Waals surface area contributed by atoms with Crippen LogP contribution in [0, 0.1) is 0 Å². The van der Waals surface area contributed by atoms with Crippen molar-refractivity contribution in [3.8, 4) is 0 Å². The normalized spacial score (nSPS) is 9.95. The summed E-state index contributed by atoms with van der Waals surface area (Å²) in [4.78, 5) is 22.1. The van der Waals surface area contributed by atoms with Gasteiger partial charge < -0.3 is 10.6 Å². The minimum absolute atomic E-state index is 0.0448.